The largest absolute Gasteiger partial charge is 0.368 e. The fourth-order valence-corrected chi connectivity index (χ4v) is 2.61. The van der Waals surface area contributed by atoms with Crippen LogP contribution in [0.3, 0.4) is 0 Å². The van der Waals surface area contributed by atoms with E-state index < -0.39 is 0 Å². The third kappa shape index (κ3) is 4.63. The van der Waals surface area contributed by atoms with Gasteiger partial charge in [0.05, 0.1) is 0 Å². The molecule has 1 aliphatic rings. The van der Waals surface area contributed by atoms with Crippen molar-refractivity contribution in [1.29, 1.82) is 0 Å². The molecule has 2 amide bonds. The number of nitrogens with one attached hydrogen (secondary N) is 1. The molecule has 0 atom stereocenters. The van der Waals surface area contributed by atoms with Crippen LogP contribution in [0.2, 0.25) is 0 Å². The lowest BCUT2D eigenvalue weighted by atomic mass is 10.1. The van der Waals surface area contributed by atoms with E-state index in [2.05, 4.69) is 46.3 Å². The highest BCUT2D eigenvalue weighted by Gasteiger charge is 2.20. The molecule has 22 heavy (non-hydrogen) atoms. The van der Waals surface area contributed by atoms with Crippen molar-refractivity contribution >= 4 is 11.7 Å². The number of amides is 2. The smallest absolute Gasteiger partial charge is 0.317 e. The fraction of sp³-hybridized carbons (Fsp3) is 0.588. The second-order valence-electron chi connectivity index (χ2n) is 6.03. The van der Waals surface area contributed by atoms with E-state index in [1.165, 1.54) is 11.3 Å². The number of hydrogen-bond donors (Lipinski definition) is 1. The van der Waals surface area contributed by atoms with Crippen molar-refractivity contribution in [3.63, 3.8) is 0 Å². The molecule has 1 aromatic rings. The Morgan fingerprint density at radius 3 is 2.32 bits per heavy atom. The summed E-state index contributed by atoms with van der Waals surface area (Å²) in [6.07, 6.45) is 1.07. The molecule has 0 radical (unpaired) electrons. The van der Waals surface area contributed by atoms with E-state index in [9.17, 15) is 4.79 Å². The number of likely N-dealkylation sites (N-methyl/N-ethyl adjacent to an activating group) is 1. The van der Waals surface area contributed by atoms with E-state index in [0.29, 0.717) is 6.54 Å². The lowest BCUT2D eigenvalue weighted by Crippen LogP contribution is -2.52. The van der Waals surface area contributed by atoms with Crippen LogP contribution in [0.4, 0.5) is 10.5 Å². The molecule has 1 saturated heterocycles. The lowest BCUT2D eigenvalue weighted by Gasteiger charge is -2.36. The fourth-order valence-electron chi connectivity index (χ4n) is 2.61. The van der Waals surface area contributed by atoms with Crippen molar-refractivity contribution in [3.05, 3.63) is 29.8 Å². The first-order valence-electron chi connectivity index (χ1n) is 8.11. The van der Waals surface area contributed by atoms with Gasteiger partial charge in [-0.2, -0.15) is 0 Å². The van der Waals surface area contributed by atoms with Crippen LogP contribution in [0.15, 0.2) is 24.3 Å². The summed E-state index contributed by atoms with van der Waals surface area (Å²) in [4.78, 5) is 18.4. The minimum absolute atomic E-state index is 0.0582. The number of benzene rings is 1. The number of anilines is 1. The van der Waals surface area contributed by atoms with Gasteiger partial charge in [0, 0.05) is 45.0 Å². The van der Waals surface area contributed by atoms with Gasteiger partial charge in [0.1, 0.15) is 0 Å². The maximum atomic E-state index is 12.1. The maximum Gasteiger partial charge on any atom is 0.317 e. The number of carbonyl (C=O) groups is 1. The SMILES string of the molecule is CCc1ccc(N2CCN(C(=O)NCCN(C)C)CC2)cc1. The van der Waals surface area contributed by atoms with E-state index in [-0.39, 0.29) is 6.03 Å². The minimum atomic E-state index is 0.0582. The number of rotatable bonds is 5. The zero-order valence-electron chi connectivity index (χ0n) is 14.0. The van der Waals surface area contributed by atoms with Gasteiger partial charge in [-0.25, -0.2) is 4.79 Å². The molecule has 0 spiro atoms. The Bertz CT molecular complexity index is 464. The molecule has 5 nitrogen and oxygen atoms in total. The Morgan fingerprint density at radius 2 is 1.77 bits per heavy atom. The number of piperazine rings is 1. The Morgan fingerprint density at radius 1 is 1.14 bits per heavy atom. The van der Waals surface area contributed by atoms with Crippen LogP contribution in [0.1, 0.15) is 12.5 Å². The standard InChI is InChI=1S/C17H28N4O/c1-4-15-5-7-16(8-6-15)20-11-13-21(14-12-20)17(22)18-9-10-19(2)3/h5-8H,4,9-14H2,1-3H3,(H,18,22). The summed E-state index contributed by atoms with van der Waals surface area (Å²) < 4.78 is 0. The molecule has 1 N–H and O–H groups in total. The van der Waals surface area contributed by atoms with E-state index in [1.807, 2.05) is 19.0 Å². The molecular formula is C17H28N4O. The van der Waals surface area contributed by atoms with Gasteiger partial charge in [-0.15, -0.1) is 0 Å². The number of nitrogens with zero attached hydrogens (tertiary/aromatic N) is 3. The number of urea groups is 1. The Balaban J connectivity index is 1.78. The van der Waals surface area contributed by atoms with E-state index in [0.717, 1.165) is 39.1 Å². The molecule has 2 rings (SSSR count). The Labute approximate surface area is 133 Å². The van der Waals surface area contributed by atoms with E-state index in [1.54, 1.807) is 0 Å². The van der Waals surface area contributed by atoms with Crippen LogP contribution in [-0.2, 0) is 6.42 Å². The summed E-state index contributed by atoms with van der Waals surface area (Å²) in [5, 5.41) is 2.98. The summed E-state index contributed by atoms with van der Waals surface area (Å²) in [6.45, 7) is 7.09. The van der Waals surface area contributed by atoms with Crippen LogP contribution in [0.25, 0.3) is 0 Å². The molecule has 1 heterocycles. The normalized spacial score (nSPS) is 15.3. The summed E-state index contributed by atoms with van der Waals surface area (Å²) in [5.41, 5.74) is 2.62. The second-order valence-corrected chi connectivity index (χ2v) is 6.03. The van der Waals surface area contributed by atoms with E-state index >= 15 is 0 Å². The molecule has 5 heteroatoms. The van der Waals surface area contributed by atoms with E-state index in [4.69, 9.17) is 0 Å². The molecule has 1 fully saturated rings. The molecule has 1 aliphatic heterocycles. The zero-order valence-corrected chi connectivity index (χ0v) is 14.0. The molecule has 0 unspecified atom stereocenters. The summed E-state index contributed by atoms with van der Waals surface area (Å²) >= 11 is 0. The molecule has 0 bridgehead atoms. The molecular weight excluding hydrogens is 276 g/mol. The summed E-state index contributed by atoms with van der Waals surface area (Å²) in [6, 6.07) is 8.81. The van der Waals surface area contributed by atoms with Crippen LogP contribution in [0, 0.1) is 0 Å². The van der Waals surface area contributed by atoms with Crippen LogP contribution in [-0.4, -0.2) is 69.2 Å². The average molecular weight is 304 g/mol. The van der Waals surface area contributed by atoms with Gasteiger partial charge in [0.15, 0.2) is 0 Å². The molecule has 0 saturated carbocycles. The van der Waals surface area contributed by atoms with Crippen molar-refractivity contribution in [2.45, 2.75) is 13.3 Å². The number of hydrogen-bond acceptors (Lipinski definition) is 3. The van der Waals surface area contributed by atoms with Crippen LogP contribution >= 0.6 is 0 Å². The monoisotopic (exact) mass is 304 g/mol. The lowest BCUT2D eigenvalue weighted by molar-refractivity contribution is 0.193. The van der Waals surface area contributed by atoms with Gasteiger partial charge in [-0.3, -0.25) is 0 Å². The highest BCUT2D eigenvalue weighted by atomic mass is 16.2. The zero-order chi connectivity index (χ0) is 15.9. The quantitative estimate of drug-likeness (QED) is 0.899. The highest BCUT2D eigenvalue weighted by molar-refractivity contribution is 5.74. The highest BCUT2D eigenvalue weighted by Crippen LogP contribution is 2.17. The maximum absolute atomic E-state index is 12.1. The Kier molecular flexibility index (Phi) is 6.07. The number of carbonyl (C=O) groups excluding carboxylic acids is 1. The van der Waals surface area contributed by atoms with Crippen molar-refractivity contribution < 1.29 is 4.79 Å². The van der Waals surface area contributed by atoms with Gasteiger partial charge < -0.3 is 20.0 Å². The molecule has 0 aliphatic carbocycles. The van der Waals surface area contributed by atoms with Gasteiger partial charge in [0.2, 0.25) is 0 Å². The van der Waals surface area contributed by atoms with Gasteiger partial charge in [-0.05, 0) is 38.2 Å². The van der Waals surface area contributed by atoms with Gasteiger partial charge in [-0.1, -0.05) is 19.1 Å². The molecule has 1 aromatic carbocycles. The summed E-state index contributed by atoms with van der Waals surface area (Å²) in [5.74, 6) is 0. The van der Waals surface area contributed by atoms with Crippen molar-refractivity contribution in [3.8, 4) is 0 Å². The second kappa shape index (κ2) is 8.03. The minimum Gasteiger partial charge on any atom is -0.368 e. The first-order valence-corrected chi connectivity index (χ1v) is 8.11. The first-order chi connectivity index (χ1) is 10.6. The third-order valence-electron chi connectivity index (χ3n) is 4.11. The van der Waals surface area contributed by atoms with Crippen molar-refractivity contribution in [2.24, 2.45) is 0 Å². The molecule has 122 valence electrons. The predicted molar refractivity (Wildman–Crippen MR) is 91.6 cm³/mol. The van der Waals surface area contributed by atoms with Crippen LogP contribution < -0.4 is 10.2 Å². The van der Waals surface area contributed by atoms with Crippen molar-refractivity contribution in [2.75, 3.05) is 58.3 Å². The summed E-state index contributed by atoms with van der Waals surface area (Å²) in [7, 11) is 4.02. The average Bonchev–Trinajstić information content (AvgIpc) is 2.54. The van der Waals surface area contributed by atoms with Crippen LogP contribution in [0.5, 0.6) is 0 Å². The Hall–Kier alpha value is -1.75. The number of aryl methyl sites for hydroxylation is 1. The van der Waals surface area contributed by atoms with Gasteiger partial charge in [0.25, 0.3) is 0 Å². The topological polar surface area (TPSA) is 38.8 Å². The predicted octanol–water partition coefficient (Wildman–Crippen LogP) is 1.64. The van der Waals surface area contributed by atoms with Gasteiger partial charge >= 0.3 is 6.03 Å². The van der Waals surface area contributed by atoms with Crippen molar-refractivity contribution in [1.82, 2.24) is 15.1 Å². The molecule has 0 aromatic heterocycles. The third-order valence-corrected chi connectivity index (χ3v) is 4.11. The first kappa shape index (κ1) is 16.6.